The molecule has 1 aromatic rings. The third-order valence-corrected chi connectivity index (χ3v) is 5.32. The zero-order valence-electron chi connectivity index (χ0n) is 11.4. The van der Waals surface area contributed by atoms with E-state index in [-0.39, 0.29) is 11.4 Å². The number of nitrogens with zero attached hydrogens (tertiary/aromatic N) is 3. The van der Waals surface area contributed by atoms with Crippen molar-refractivity contribution in [3.05, 3.63) is 11.4 Å². The minimum Gasteiger partial charge on any atom is -0.480 e. The number of morpholine rings is 1. The SMILES string of the molecule is Cc1nn(CC(=O)O)c(C)c1S(=O)(=O)N1CCOCC1. The Morgan fingerprint density at radius 2 is 1.95 bits per heavy atom. The molecule has 0 bridgehead atoms. The average molecular weight is 303 g/mol. The third-order valence-electron chi connectivity index (χ3n) is 3.17. The van der Waals surface area contributed by atoms with E-state index in [1.807, 2.05) is 0 Å². The second-order valence-corrected chi connectivity index (χ2v) is 6.44. The van der Waals surface area contributed by atoms with Gasteiger partial charge in [0.05, 0.1) is 24.6 Å². The summed E-state index contributed by atoms with van der Waals surface area (Å²) in [6, 6.07) is 0. The van der Waals surface area contributed by atoms with Gasteiger partial charge in [-0.2, -0.15) is 9.40 Å². The molecular formula is C11H17N3O5S. The Labute approximate surface area is 117 Å². The van der Waals surface area contributed by atoms with Crippen molar-refractivity contribution < 1.29 is 23.1 Å². The molecule has 0 atom stereocenters. The lowest BCUT2D eigenvalue weighted by atomic mass is 10.4. The quantitative estimate of drug-likeness (QED) is 0.812. The first-order valence-corrected chi connectivity index (χ1v) is 7.61. The lowest BCUT2D eigenvalue weighted by Gasteiger charge is -2.26. The second-order valence-electron chi connectivity index (χ2n) is 4.57. The van der Waals surface area contributed by atoms with Crippen LogP contribution in [0.4, 0.5) is 0 Å². The molecule has 1 fully saturated rings. The van der Waals surface area contributed by atoms with Gasteiger partial charge in [-0.1, -0.05) is 0 Å². The molecule has 1 aromatic heterocycles. The van der Waals surface area contributed by atoms with Crippen molar-refractivity contribution in [1.29, 1.82) is 0 Å². The average Bonchev–Trinajstić information content (AvgIpc) is 2.65. The van der Waals surface area contributed by atoms with Crippen LogP contribution in [0.1, 0.15) is 11.4 Å². The molecule has 0 spiro atoms. The third kappa shape index (κ3) is 2.69. The standard InChI is InChI=1S/C11H17N3O5S/c1-8-11(9(2)14(12-8)7-10(15)16)20(17,18)13-3-5-19-6-4-13/h3-7H2,1-2H3,(H,15,16). The number of ether oxygens (including phenoxy) is 1. The minimum absolute atomic E-state index is 0.0978. The summed E-state index contributed by atoms with van der Waals surface area (Å²) in [6.45, 7) is 4.10. The summed E-state index contributed by atoms with van der Waals surface area (Å²) in [6.07, 6.45) is 0. The summed E-state index contributed by atoms with van der Waals surface area (Å²) in [5.74, 6) is -1.06. The fraction of sp³-hybridized carbons (Fsp3) is 0.636. The fourth-order valence-electron chi connectivity index (χ4n) is 2.25. The highest BCUT2D eigenvalue weighted by Gasteiger charge is 2.32. The van der Waals surface area contributed by atoms with Crippen LogP contribution in [0.25, 0.3) is 0 Å². The molecule has 0 aromatic carbocycles. The van der Waals surface area contributed by atoms with Gasteiger partial charge in [0.1, 0.15) is 11.4 Å². The topological polar surface area (TPSA) is 102 Å². The van der Waals surface area contributed by atoms with Gasteiger partial charge in [0.2, 0.25) is 10.0 Å². The molecule has 0 amide bonds. The Morgan fingerprint density at radius 1 is 1.35 bits per heavy atom. The van der Waals surface area contributed by atoms with Crippen LogP contribution in [0.15, 0.2) is 4.90 Å². The Kier molecular flexibility index (Phi) is 4.11. The van der Waals surface area contributed by atoms with Gasteiger partial charge in [0.25, 0.3) is 0 Å². The van der Waals surface area contributed by atoms with Gasteiger partial charge in [0.15, 0.2) is 0 Å². The summed E-state index contributed by atoms with van der Waals surface area (Å²) < 4.78 is 32.9. The highest BCUT2D eigenvalue weighted by atomic mass is 32.2. The molecule has 0 saturated carbocycles. The molecule has 0 aliphatic carbocycles. The predicted octanol–water partition coefficient (Wildman–Crippen LogP) is -0.395. The van der Waals surface area contributed by atoms with Crippen molar-refractivity contribution in [2.75, 3.05) is 26.3 Å². The van der Waals surface area contributed by atoms with Gasteiger partial charge in [-0.3, -0.25) is 9.48 Å². The smallest absolute Gasteiger partial charge is 0.325 e. The van der Waals surface area contributed by atoms with E-state index in [1.54, 1.807) is 13.8 Å². The maximum Gasteiger partial charge on any atom is 0.325 e. The van der Waals surface area contributed by atoms with Crippen molar-refractivity contribution >= 4 is 16.0 Å². The molecule has 20 heavy (non-hydrogen) atoms. The number of carbonyl (C=O) groups is 1. The van der Waals surface area contributed by atoms with Crippen LogP contribution in [-0.4, -0.2) is 59.9 Å². The van der Waals surface area contributed by atoms with E-state index < -0.39 is 16.0 Å². The number of rotatable bonds is 4. The fourth-order valence-corrected chi connectivity index (χ4v) is 4.03. The molecule has 1 saturated heterocycles. The number of carboxylic acid groups (broad SMARTS) is 1. The lowest BCUT2D eigenvalue weighted by molar-refractivity contribution is -0.137. The van der Waals surface area contributed by atoms with Gasteiger partial charge in [-0.25, -0.2) is 8.42 Å². The zero-order chi connectivity index (χ0) is 14.9. The molecule has 2 heterocycles. The number of aryl methyl sites for hydroxylation is 1. The van der Waals surface area contributed by atoms with E-state index in [9.17, 15) is 13.2 Å². The minimum atomic E-state index is -3.66. The highest BCUT2D eigenvalue weighted by molar-refractivity contribution is 7.89. The summed E-state index contributed by atoms with van der Waals surface area (Å²) in [5.41, 5.74) is 0.659. The molecule has 9 heteroatoms. The molecule has 1 aliphatic rings. The van der Waals surface area contributed by atoms with Crippen LogP contribution in [0, 0.1) is 13.8 Å². The van der Waals surface area contributed by atoms with Gasteiger partial charge >= 0.3 is 5.97 Å². The predicted molar refractivity (Wildman–Crippen MR) is 68.9 cm³/mol. The normalized spacial score (nSPS) is 17.3. The zero-order valence-corrected chi connectivity index (χ0v) is 12.2. The van der Waals surface area contributed by atoms with Crippen molar-refractivity contribution in [1.82, 2.24) is 14.1 Å². The number of aromatic nitrogens is 2. The summed E-state index contributed by atoms with van der Waals surface area (Å²) in [7, 11) is -3.66. The largest absolute Gasteiger partial charge is 0.480 e. The number of aliphatic carboxylic acids is 1. The van der Waals surface area contributed by atoms with Crippen LogP contribution in [0.5, 0.6) is 0 Å². The van der Waals surface area contributed by atoms with Crippen molar-refractivity contribution in [2.24, 2.45) is 0 Å². The van der Waals surface area contributed by atoms with E-state index in [1.165, 1.54) is 8.99 Å². The number of hydrogen-bond acceptors (Lipinski definition) is 5. The summed E-state index contributed by atoms with van der Waals surface area (Å²) in [4.78, 5) is 10.9. The maximum atomic E-state index is 12.6. The van der Waals surface area contributed by atoms with E-state index in [4.69, 9.17) is 9.84 Å². The van der Waals surface area contributed by atoms with Gasteiger partial charge in [-0.05, 0) is 13.8 Å². The number of hydrogen-bond donors (Lipinski definition) is 1. The Balaban J connectivity index is 2.41. The van der Waals surface area contributed by atoms with Crippen LogP contribution in [-0.2, 0) is 26.1 Å². The van der Waals surface area contributed by atoms with Crippen LogP contribution in [0.2, 0.25) is 0 Å². The maximum absolute atomic E-state index is 12.6. The second kappa shape index (κ2) is 5.51. The molecular weight excluding hydrogens is 286 g/mol. The van der Waals surface area contributed by atoms with Crippen molar-refractivity contribution in [3.63, 3.8) is 0 Å². The van der Waals surface area contributed by atoms with Gasteiger partial charge in [-0.15, -0.1) is 0 Å². The van der Waals surface area contributed by atoms with Gasteiger partial charge < -0.3 is 9.84 Å². The highest BCUT2D eigenvalue weighted by Crippen LogP contribution is 2.24. The first kappa shape index (κ1) is 14.9. The van der Waals surface area contributed by atoms with E-state index in [0.717, 1.165) is 0 Å². The van der Waals surface area contributed by atoms with E-state index in [2.05, 4.69) is 5.10 Å². The van der Waals surface area contributed by atoms with Crippen LogP contribution >= 0.6 is 0 Å². The van der Waals surface area contributed by atoms with E-state index >= 15 is 0 Å². The summed E-state index contributed by atoms with van der Waals surface area (Å²) >= 11 is 0. The molecule has 8 nitrogen and oxygen atoms in total. The molecule has 0 unspecified atom stereocenters. The van der Waals surface area contributed by atoms with Crippen molar-refractivity contribution in [2.45, 2.75) is 25.3 Å². The summed E-state index contributed by atoms with van der Waals surface area (Å²) in [5, 5.41) is 12.8. The first-order valence-electron chi connectivity index (χ1n) is 6.17. The molecule has 0 radical (unpaired) electrons. The molecule has 2 rings (SSSR count). The first-order chi connectivity index (χ1) is 9.34. The van der Waals surface area contributed by atoms with Crippen molar-refractivity contribution in [3.8, 4) is 0 Å². The Bertz CT molecular complexity index is 616. The van der Waals surface area contributed by atoms with Gasteiger partial charge in [0, 0.05) is 13.1 Å². The monoisotopic (exact) mass is 303 g/mol. The molecule has 1 N–H and O–H groups in total. The Hall–Kier alpha value is -1.45. The number of carboxylic acids is 1. The van der Waals surface area contributed by atoms with Crippen LogP contribution < -0.4 is 0 Å². The molecule has 1 aliphatic heterocycles. The van der Waals surface area contributed by atoms with Crippen LogP contribution in [0.3, 0.4) is 0 Å². The number of sulfonamides is 1. The Morgan fingerprint density at radius 3 is 2.50 bits per heavy atom. The lowest BCUT2D eigenvalue weighted by Crippen LogP contribution is -2.41. The molecule has 112 valence electrons. The van der Waals surface area contributed by atoms with E-state index in [0.29, 0.717) is 37.7 Å².